The highest BCUT2D eigenvalue weighted by Crippen LogP contribution is 2.28. The molecule has 1 atom stereocenters. The molecule has 0 bridgehead atoms. The number of likely N-dealkylation sites (tertiary alicyclic amines) is 1. The van der Waals surface area contributed by atoms with Gasteiger partial charge in [-0.15, -0.1) is 0 Å². The first-order valence-corrected chi connectivity index (χ1v) is 12.4. The molecule has 1 fully saturated rings. The van der Waals surface area contributed by atoms with Crippen molar-refractivity contribution >= 4 is 27.3 Å². The number of amides is 2. The number of rotatable bonds is 8. The van der Waals surface area contributed by atoms with E-state index in [0.717, 1.165) is 29.7 Å². The molecule has 1 saturated heterocycles. The van der Waals surface area contributed by atoms with Crippen LogP contribution in [0, 0.1) is 13.8 Å². The van der Waals surface area contributed by atoms with Crippen LogP contribution in [0.5, 0.6) is 0 Å². The van der Waals surface area contributed by atoms with Gasteiger partial charge in [-0.2, -0.15) is 0 Å². The number of hydrogen-bond acceptors (Lipinski definition) is 4. The quantitative estimate of drug-likeness (QED) is 0.674. The molecule has 3 rings (SSSR count). The highest BCUT2D eigenvalue weighted by atomic mass is 32.2. The Morgan fingerprint density at radius 1 is 0.968 bits per heavy atom. The lowest BCUT2D eigenvalue weighted by molar-refractivity contribution is -0.129. The molecule has 1 N–H and O–H groups in total. The topological polar surface area (TPSA) is 83.5 Å². The van der Waals surface area contributed by atoms with Gasteiger partial charge in [-0.05, 0) is 49.8 Å². The van der Waals surface area contributed by atoms with E-state index in [4.69, 9.17) is 0 Å². The van der Waals surface area contributed by atoms with Crippen LogP contribution in [-0.4, -0.2) is 44.0 Å². The number of para-hydroxylation sites is 1. The van der Waals surface area contributed by atoms with Gasteiger partial charge in [0.25, 0.3) is 0 Å². The fraction of sp³-hybridized carbons (Fsp3) is 0.417. The minimum Gasteiger partial charge on any atom is -0.341 e. The van der Waals surface area contributed by atoms with Gasteiger partial charge in [0.1, 0.15) is 0 Å². The van der Waals surface area contributed by atoms with Gasteiger partial charge >= 0.3 is 0 Å². The Hall–Kier alpha value is -2.67. The average molecular weight is 443 g/mol. The summed E-state index contributed by atoms with van der Waals surface area (Å²) in [5, 5.41) is 1.67. The Morgan fingerprint density at radius 3 is 2.19 bits per heavy atom. The van der Waals surface area contributed by atoms with Crippen molar-refractivity contribution < 1.29 is 18.0 Å². The second-order valence-corrected chi connectivity index (χ2v) is 10.3. The Balaban J connectivity index is 1.68. The molecule has 0 aliphatic carbocycles. The van der Waals surface area contributed by atoms with Gasteiger partial charge in [0.15, 0.2) is 15.1 Å². The molecule has 2 aromatic carbocycles. The number of nitrogens with one attached hydrogen (secondary N) is 1. The molecule has 2 aromatic rings. The molecule has 1 aliphatic rings. The van der Waals surface area contributed by atoms with Crippen LogP contribution in [0.1, 0.15) is 47.6 Å². The summed E-state index contributed by atoms with van der Waals surface area (Å²) >= 11 is 0. The van der Waals surface area contributed by atoms with Crippen molar-refractivity contribution in [1.29, 1.82) is 0 Å². The Labute approximate surface area is 184 Å². The SMILES string of the molecule is Cc1cccc(C)c1NC(=O)CCCS(=O)(=O)[C@@H](C(=O)N1CCCC1)c1ccccc1. The van der Waals surface area contributed by atoms with E-state index in [0.29, 0.717) is 18.7 Å². The number of sulfone groups is 1. The number of anilines is 1. The molecule has 31 heavy (non-hydrogen) atoms. The first kappa shape index (κ1) is 23.0. The first-order chi connectivity index (χ1) is 14.8. The third-order valence-electron chi connectivity index (χ3n) is 5.68. The summed E-state index contributed by atoms with van der Waals surface area (Å²) in [6.07, 6.45) is 2.03. The number of carbonyl (C=O) groups excluding carboxylic acids is 2. The van der Waals surface area contributed by atoms with Crippen LogP contribution in [0.15, 0.2) is 48.5 Å². The van der Waals surface area contributed by atoms with E-state index >= 15 is 0 Å². The highest BCUT2D eigenvalue weighted by Gasteiger charge is 2.37. The van der Waals surface area contributed by atoms with Crippen molar-refractivity contribution in [3.05, 3.63) is 65.2 Å². The van der Waals surface area contributed by atoms with Crippen molar-refractivity contribution in [1.82, 2.24) is 4.90 Å². The fourth-order valence-corrected chi connectivity index (χ4v) is 5.81. The maximum absolute atomic E-state index is 13.2. The molecule has 0 unspecified atom stereocenters. The lowest BCUT2D eigenvalue weighted by atomic mass is 10.1. The van der Waals surface area contributed by atoms with Gasteiger partial charge in [0, 0.05) is 25.2 Å². The lowest BCUT2D eigenvalue weighted by Gasteiger charge is -2.23. The third kappa shape index (κ3) is 5.73. The van der Waals surface area contributed by atoms with Crippen LogP contribution >= 0.6 is 0 Å². The van der Waals surface area contributed by atoms with E-state index in [1.54, 1.807) is 35.2 Å². The van der Waals surface area contributed by atoms with E-state index in [1.165, 1.54) is 0 Å². The minimum absolute atomic E-state index is 0.0758. The first-order valence-electron chi connectivity index (χ1n) is 10.7. The van der Waals surface area contributed by atoms with Gasteiger partial charge in [-0.25, -0.2) is 8.42 Å². The van der Waals surface area contributed by atoms with Crippen molar-refractivity contribution in [2.75, 3.05) is 24.2 Å². The molecular formula is C24H30N2O4S. The summed E-state index contributed by atoms with van der Waals surface area (Å²) in [6.45, 7) is 5.02. The number of nitrogens with zero attached hydrogens (tertiary/aromatic N) is 1. The maximum Gasteiger partial charge on any atom is 0.245 e. The van der Waals surface area contributed by atoms with Crippen molar-refractivity contribution in [2.45, 2.75) is 44.8 Å². The molecule has 7 heteroatoms. The smallest absolute Gasteiger partial charge is 0.245 e. The monoisotopic (exact) mass is 442 g/mol. The molecule has 1 heterocycles. The van der Waals surface area contributed by atoms with Crippen LogP contribution in [0.2, 0.25) is 0 Å². The Morgan fingerprint density at radius 2 is 1.58 bits per heavy atom. The molecule has 0 radical (unpaired) electrons. The number of aryl methyl sites for hydroxylation is 2. The minimum atomic E-state index is -3.77. The molecule has 0 saturated carbocycles. The third-order valence-corrected chi connectivity index (χ3v) is 7.73. The zero-order chi connectivity index (χ0) is 22.4. The number of carbonyl (C=O) groups is 2. The fourth-order valence-electron chi connectivity index (χ4n) is 4.00. The molecule has 166 valence electrons. The zero-order valence-corrected chi connectivity index (χ0v) is 19.0. The number of hydrogen-bond donors (Lipinski definition) is 1. The summed E-state index contributed by atoms with van der Waals surface area (Å²) < 4.78 is 26.4. The molecule has 2 amide bonds. The maximum atomic E-state index is 13.2. The van der Waals surface area contributed by atoms with Crippen LogP contribution in [0.3, 0.4) is 0 Å². The zero-order valence-electron chi connectivity index (χ0n) is 18.1. The Kier molecular flexibility index (Phi) is 7.49. The predicted molar refractivity (Wildman–Crippen MR) is 123 cm³/mol. The molecule has 0 aromatic heterocycles. The van der Waals surface area contributed by atoms with E-state index in [-0.39, 0.29) is 30.4 Å². The van der Waals surface area contributed by atoms with Crippen LogP contribution in [-0.2, 0) is 19.4 Å². The summed E-state index contributed by atoms with van der Waals surface area (Å²) in [5.74, 6) is -0.801. The summed E-state index contributed by atoms with van der Waals surface area (Å²) in [6, 6.07) is 14.4. The van der Waals surface area contributed by atoms with E-state index in [9.17, 15) is 18.0 Å². The molecule has 1 aliphatic heterocycles. The molecular weight excluding hydrogens is 412 g/mol. The summed E-state index contributed by atoms with van der Waals surface area (Å²) in [4.78, 5) is 27.1. The van der Waals surface area contributed by atoms with Crippen LogP contribution in [0.4, 0.5) is 5.69 Å². The number of benzene rings is 2. The second-order valence-electron chi connectivity index (χ2n) is 8.11. The van der Waals surface area contributed by atoms with Gasteiger partial charge in [0.05, 0.1) is 5.75 Å². The van der Waals surface area contributed by atoms with E-state index < -0.39 is 15.1 Å². The van der Waals surface area contributed by atoms with Gasteiger partial charge < -0.3 is 10.2 Å². The van der Waals surface area contributed by atoms with Crippen molar-refractivity contribution in [3.8, 4) is 0 Å². The largest absolute Gasteiger partial charge is 0.341 e. The van der Waals surface area contributed by atoms with Gasteiger partial charge in [-0.1, -0.05) is 48.5 Å². The summed E-state index contributed by atoms with van der Waals surface area (Å²) in [5.41, 5.74) is 3.17. The summed E-state index contributed by atoms with van der Waals surface area (Å²) in [7, 11) is -3.77. The average Bonchev–Trinajstić information content (AvgIpc) is 3.26. The van der Waals surface area contributed by atoms with Crippen molar-refractivity contribution in [2.24, 2.45) is 0 Å². The Bertz CT molecular complexity index is 1010. The van der Waals surface area contributed by atoms with Crippen LogP contribution in [0.25, 0.3) is 0 Å². The lowest BCUT2D eigenvalue weighted by Crippen LogP contribution is -2.37. The second kappa shape index (κ2) is 10.1. The van der Waals surface area contributed by atoms with E-state index in [2.05, 4.69) is 5.32 Å². The highest BCUT2D eigenvalue weighted by molar-refractivity contribution is 7.92. The van der Waals surface area contributed by atoms with Crippen molar-refractivity contribution in [3.63, 3.8) is 0 Å². The standard InChI is InChI=1S/C24H30N2O4S/c1-18-10-8-11-19(2)22(18)25-21(27)14-9-17-31(29,30)23(20-12-4-3-5-13-20)24(28)26-15-6-7-16-26/h3-5,8,10-13,23H,6-7,9,14-17H2,1-2H3,(H,25,27)/t23-/m1/s1. The predicted octanol–water partition coefficient (Wildman–Crippen LogP) is 3.80. The van der Waals surface area contributed by atoms with Gasteiger partial charge in [-0.3, -0.25) is 9.59 Å². The molecule has 0 spiro atoms. The van der Waals surface area contributed by atoms with E-state index in [1.807, 2.05) is 32.0 Å². The van der Waals surface area contributed by atoms with Gasteiger partial charge in [0.2, 0.25) is 11.8 Å². The molecule has 6 nitrogen and oxygen atoms in total. The van der Waals surface area contributed by atoms with Crippen LogP contribution < -0.4 is 5.32 Å². The normalized spacial score (nSPS) is 15.0.